The number of aryl methyl sites for hydroxylation is 1. The highest BCUT2D eigenvalue weighted by Gasteiger charge is 2.32. The van der Waals surface area contributed by atoms with E-state index in [2.05, 4.69) is 35.6 Å². The van der Waals surface area contributed by atoms with Crippen LogP contribution in [-0.2, 0) is 17.8 Å². The van der Waals surface area contributed by atoms with Crippen molar-refractivity contribution in [2.45, 2.75) is 59.2 Å². The fraction of sp³-hybridized carbons (Fsp3) is 0.571. The molecule has 0 aliphatic carbocycles. The monoisotopic (exact) mass is 366 g/mol. The first kappa shape index (κ1) is 16.9. The molecule has 0 N–H and O–H groups in total. The predicted molar refractivity (Wildman–Crippen MR) is 105 cm³/mol. The maximum absolute atomic E-state index is 6.27. The number of hydrogen-bond acceptors (Lipinski definition) is 6. The zero-order valence-corrected chi connectivity index (χ0v) is 16.5. The van der Waals surface area contributed by atoms with Crippen molar-refractivity contribution >= 4 is 28.0 Å². The van der Waals surface area contributed by atoms with E-state index in [4.69, 9.17) is 14.1 Å². The lowest BCUT2D eigenvalue weighted by Crippen LogP contribution is -2.34. The van der Waals surface area contributed by atoms with E-state index in [1.165, 1.54) is 24.0 Å². The third-order valence-electron chi connectivity index (χ3n) is 5.97. The van der Waals surface area contributed by atoms with Crippen molar-refractivity contribution in [3.05, 3.63) is 23.1 Å². The van der Waals surface area contributed by atoms with Crippen molar-refractivity contribution < 1.29 is 9.15 Å². The highest BCUT2D eigenvalue weighted by molar-refractivity contribution is 6.06. The van der Waals surface area contributed by atoms with Gasteiger partial charge >= 0.3 is 0 Å². The second-order valence-electron chi connectivity index (χ2n) is 8.73. The number of hydrogen-bond donors (Lipinski definition) is 0. The fourth-order valence-electron chi connectivity index (χ4n) is 4.56. The SMILES string of the molecule is Cc1nc2oc3c(N4CCCC(C)C4)ncnc3c2c2c1COC(C)(C)C2. The summed E-state index contributed by atoms with van der Waals surface area (Å²) in [5, 5.41) is 1.04. The molecule has 0 aromatic carbocycles. The first-order valence-corrected chi connectivity index (χ1v) is 9.87. The summed E-state index contributed by atoms with van der Waals surface area (Å²) in [6, 6.07) is 0. The van der Waals surface area contributed by atoms with Gasteiger partial charge in [-0.2, -0.15) is 0 Å². The van der Waals surface area contributed by atoms with Crippen molar-refractivity contribution in [2.75, 3.05) is 18.0 Å². The van der Waals surface area contributed by atoms with Crippen LogP contribution >= 0.6 is 0 Å². The van der Waals surface area contributed by atoms with Gasteiger partial charge in [0.05, 0.1) is 17.6 Å². The van der Waals surface area contributed by atoms with Crippen LogP contribution in [0.25, 0.3) is 22.2 Å². The second kappa shape index (κ2) is 5.89. The van der Waals surface area contributed by atoms with Crippen LogP contribution in [0, 0.1) is 12.8 Å². The number of piperidine rings is 1. The Balaban J connectivity index is 1.75. The summed E-state index contributed by atoms with van der Waals surface area (Å²) < 4.78 is 12.3. The molecule has 0 spiro atoms. The van der Waals surface area contributed by atoms with Gasteiger partial charge in [-0.1, -0.05) is 6.92 Å². The van der Waals surface area contributed by atoms with E-state index in [-0.39, 0.29) is 5.60 Å². The Hall–Kier alpha value is -2.21. The second-order valence-corrected chi connectivity index (χ2v) is 8.73. The Labute approximate surface area is 158 Å². The van der Waals surface area contributed by atoms with E-state index in [9.17, 15) is 0 Å². The third kappa shape index (κ3) is 2.69. The fourth-order valence-corrected chi connectivity index (χ4v) is 4.56. The Bertz CT molecular complexity index is 1040. The van der Waals surface area contributed by atoms with Crippen LogP contribution in [0.15, 0.2) is 10.7 Å². The van der Waals surface area contributed by atoms with Crippen molar-refractivity contribution in [1.82, 2.24) is 15.0 Å². The summed E-state index contributed by atoms with van der Waals surface area (Å²) >= 11 is 0. The third-order valence-corrected chi connectivity index (χ3v) is 5.97. The van der Waals surface area contributed by atoms with E-state index >= 15 is 0 Å². The number of aromatic nitrogens is 3. The molecule has 5 rings (SSSR count). The van der Waals surface area contributed by atoms with E-state index in [1.54, 1.807) is 6.33 Å². The average Bonchev–Trinajstić information content (AvgIpc) is 2.99. The molecule has 1 atom stereocenters. The van der Waals surface area contributed by atoms with Crippen molar-refractivity contribution in [1.29, 1.82) is 0 Å². The maximum atomic E-state index is 6.27. The molecule has 1 saturated heterocycles. The van der Waals surface area contributed by atoms with Crippen LogP contribution in [0.4, 0.5) is 5.82 Å². The summed E-state index contributed by atoms with van der Waals surface area (Å²) in [7, 11) is 0. The van der Waals surface area contributed by atoms with E-state index < -0.39 is 0 Å². The molecule has 2 aliphatic rings. The minimum Gasteiger partial charge on any atom is -0.432 e. The molecule has 1 fully saturated rings. The lowest BCUT2D eigenvalue weighted by molar-refractivity contribution is -0.0400. The molecular formula is C21H26N4O2. The minimum absolute atomic E-state index is 0.199. The highest BCUT2D eigenvalue weighted by Crippen LogP contribution is 2.40. The minimum atomic E-state index is -0.199. The van der Waals surface area contributed by atoms with Gasteiger partial charge in [0.25, 0.3) is 0 Å². The summed E-state index contributed by atoms with van der Waals surface area (Å²) in [6.45, 7) is 11.2. The zero-order chi connectivity index (χ0) is 18.8. The van der Waals surface area contributed by atoms with Gasteiger partial charge in [0.15, 0.2) is 11.4 Å². The molecule has 6 heteroatoms. The normalized spacial score (nSPS) is 22.4. The first-order chi connectivity index (χ1) is 12.9. The number of rotatable bonds is 1. The molecule has 0 amide bonds. The van der Waals surface area contributed by atoms with Gasteiger partial charge in [-0.05, 0) is 45.1 Å². The molecule has 3 aromatic rings. The van der Waals surface area contributed by atoms with Crippen LogP contribution in [0.2, 0.25) is 0 Å². The Morgan fingerprint density at radius 3 is 2.89 bits per heavy atom. The van der Waals surface area contributed by atoms with Crippen molar-refractivity contribution in [2.24, 2.45) is 5.92 Å². The number of nitrogens with zero attached hydrogens (tertiary/aromatic N) is 4. The van der Waals surface area contributed by atoms with E-state index in [1.807, 2.05) is 6.92 Å². The average molecular weight is 366 g/mol. The summed E-state index contributed by atoms with van der Waals surface area (Å²) in [5.74, 6) is 1.57. The van der Waals surface area contributed by atoms with Gasteiger partial charge in [0.2, 0.25) is 5.71 Å². The van der Waals surface area contributed by atoms with Crippen LogP contribution in [-0.4, -0.2) is 33.6 Å². The van der Waals surface area contributed by atoms with Gasteiger partial charge in [-0.3, -0.25) is 0 Å². The largest absolute Gasteiger partial charge is 0.432 e. The standard InChI is InChI=1S/C21H26N4O2/c1-12-6-5-7-25(9-12)19-18-17(22-11-23-19)16-14-8-21(3,4)26-10-15(14)13(2)24-20(16)27-18/h11-12H,5-10H2,1-4H3. The number of anilines is 1. The van der Waals surface area contributed by atoms with Crippen molar-refractivity contribution in [3.8, 4) is 0 Å². The zero-order valence-electron chi connectivity index (χ0n) is 16.5. The molecule has 6 nitrogen and oxygen atoms in total. The molecule has 1 unspecified atom stereocenters. The molecule has 0 saturated carbocycles. The lowest BCUT2D eigenvalue weighted by Gasteiger charge is -2.32. The van der Waals surface area contributed by atoms with Gasteiger partial charge in [-0.25, -0.2) is 15.0 Å². The molecule has 2 aliphatic heterocycles. The van der Waals surface area contributed by atoms with Gasteiger partial charge in [-0.15, -0.1) is 0 Å². The topological polar surface area (TPSA) is 64.3 Å². The number of fused-ring (bicyclic) bond motifs is 5. The summed E-state index contributed by atoms with van der Waals surface area (Å²) in [4.78, 5) is 16.3. The highest BCUT2D eigenvalue weighted by atomic mass is 16.5. The number of ether oxygens (including phenoxy) is 1. The number of furan rings is 1. The maximum Gasteiger partial charge on any atom is 0.229 e. The molecule has 5 heterocycles. The molecular weight excluding hydrogens is 340 g/mol. The first-order valence-electron chi connectivity index (χ1n) is 9.87. The van der Waals surface area contributed by atoms with E-state index in [0.717, 1.165) is 47.5 Å². The molecule has 142 valence electrons. The van der Waals surface area contributed by atoms with Gasteiger partial charge in [0, 0.05) is 30.8 Å². The Morgan fingerprint density at radius 1 is 1.22 bits per heavy atom. The molecule has 0 radical (unpaired) electrons. The van der Waals surface area contributed by atoms with Crippen LogP contribution in [0.1, 0.15) is 50.4 Å². The molecule has 3 aromatic heterocycles. The van der Waals surface area contributed by atoms with E-state index in [0.29, 0.717) is 18.2 Å². The lowest BCUT2D eigenvalue weighted by atomic mass is 9.89. The van der Waals surface area contributed by atoms with Gasteiger partial charge < -0.3 is 14.1 Å². The molecule has 27 heavy (non-hydrogen) atoms. The van der Waals surface area contributed by atoms with Crippen LogP contribution < -0.4 is 4.90 Å². The Morgan fingerprint density at radius 2 is 2.07 bits per heavy atom. The van der Waals surface area contributed by atoms with Crippen LogP contribution in [0.3, 0.4) is 0 Å². The summed E-state index contributed by atoms with van der Waals surface area (Å²) in [6.07, 6.45) is 4.96. The number of pyridine rings is 1. The van der Waals surface area contributed by atoms with Gasteiger partial charge in [0.1, 0.15) is 11.8 Å². The van der Waals surface area contributed by atoms with Crippen LogP contribution in [0.5, 0.6) is 0 Å². The Kier molecular flexibility index (Phi) is 3.69. The quantitative estimate of drug-likeness (QED) is 0.644. The predicted octanol–water partition coefficient (Wildman–Crippen LogP) is 4.17. The molecule has 0 bridgehead atoms. The smallest absolute Gasteiger partial charge is 0.229 e. The van der Waals surface area contributed by atoms with Crippen molar-refractivity contribution in [3.63, 3.8) is 0 Å². The summed E-state index contributed by atoms with van der Waals surface area (Å²) in [5.41, 5.74) is 5.55.